The van der Waals surface area contributed by atoms with E-state index in [4.69, 9.17) is 16.0 Å². The van der Waals surface area contributed by atoms with E-state index in [-0.39, 0.29) is 5.02 Å². The lowest BCUT2D eigenvalue weighted by atomic mass is 10.3. The molecular weight excluding hydrogens is 241 g/mol. The molecule has 0 fully saturated rings. The molecule has 1 heterocycles. The van der Waals surface area contributed by atoms with Crippen LogP contribution in [0.3, 0.4) is 0 Å². The second-order valence-corrected chi connectivity index (χ2v) is 3.83. The normalized spacial score (nSPS) is 10.9. The molecule has 0 saturated carbocycles. The van der Waals surface area contributed by atoms with Gasteiger partial charge < -0.3 is 9.73 Å². The summed E-state index contributed by atoms with van der Waals surface area (Å²) in [5, 5.41) is 3.21. The van der Waals surface area contributed by atoms with Gasteiger partial charge in [-0.2, -0.15) is 0 Å². The number of anilines is 1. The van der Waals surface area contributed by atoms with E-state index in [0.717, 1.165) is 11.4 Å². The maximum atomic E-state index is 12.9. The molecule has 88 valence electrons. The summed E-state index contributed by atoms with van der Waals surface area (Å²) in [7, 11) is 0. The molecule has 0 radical (unpaired) electrons. The monoisotopic (exact) mass is 251 g/mol. The van der Waals surface area contributed by atoms with Crippen molar-refractivity contribution in [1.29, 1.82) is 0 Å². The number of nitrogens with one attached hydrogen (secondary N) is 1. The Kier molecular flexibility index (Phi) is 3.83. The van der Waals surface area contributed by atoms with Gasteiger partial charge in [0.2, 0.25) is 0 Å². The highest BCUT2D eigenvalue weighted by Gasteiger charge is 1.99. The molecule has 0 bridgehead atoms. The van der Waals surface area contributed by atoms with Crippen molar-refractivity contribution in [3.8, 4) is 0 Å². The highest BCUT2D eigenvalue weighted by Crippen LogP contribution is 2.19. The molecule has 0 aliphatic rings. The van der Waals surface area contributed by atoms with Crippen LogP contribution < -0.4 is 5.32 Å². The molecule has 2 aromatic rings. The number of halogens is 2. The highest BCUT2D eigenvalue weighted by atomic mass is 35.5. The van der Waals surface area contributed by atoms with Gasteiger partial charge in [0.15, 0.2) is 0 Å². The Labute approximate surface area is 104 Å². The molecule has 2 rings (SSSR count). The first-order chi connectivity index (χ1) is 8.25. The van der Waals surface area contributed by atoms with Crippen LogP contribution in [0.15, 0.2) is 47.1 Å². The van der Waals surface area contributed by atoms with Crippen LogP contribution in [0.5, 0.6) is 0 Å². The summed E-state index contributed by atoms with van der Waals surface area (Å²) in [4.78, 5) is 0. The first-order valence-corrected chi connectivity index (χ1v) is 5.52. The zero-order valence-corrected chi connectivity index (χ0v) is 9.75. The van der Waals surface area contributed by atoms with Gasteiger partial charge in [0.05, 0.1) is 11.3 Å². The minimum absolute atomic E-state index is 0.116. The van der Waals surface area contributed by atoms with E-state index in [1.54, 1.807) is 18.4 Å². The summed E-state index contributed by atoms with van der Waals surface area (Å²) in [6.07, 6.45) is 5.39. The largest absolute Gasteiger partial charge is 0.465 e. The van der Waals surface area contributed by atoms with Crippen molar-refractivity contribution < 1.29 is 8.81 Å². The summed E-state index contributed by atoms with van der Waals surface area (Å²) in [6.45, 7) is 0.614. The Morgan fingerprint density at radius 1 is 1.35 bits per heavy atom. The molecule has 0 saturated heterocycles. The minimum atomic E-state index is -0.414. The van der Waals surface area contributed by atoms with Crippen molar-refractivity contribution >= 4 is 23.4 Å². The summed E-state index contributed by atoms with van der Waals surface area (Å²) in [5.74, 6) is 0.382. The number of rotatable bonds is 4. The maximum Gasteiger partial charge on any atom is 0.141 e. The summed E-state index contributed by atoms with van der Waals surface area (Å²) < 4.78 is 18.0. The van der Waals surface area contributed by atoms with Crippen LogP contribution in [0.2, 0.25) is 5.02 Å². The van der Waals surface area contributed by atoms with Gasteiger partial charge in [0, 0.05) is 12.2 Å². The van der Waals surface area contributed by atoms with E-state index in [2.05, 4.69) is 5.32 Å². The summed E-state index contributed by atoms with van der Waals surface area (Å²) >= 11 is 5.66. The van der Waals surface area contributed by atoms with E-state index >= 15 is 0 Å². The van der Waals surface area contributed by atoms with Crippen molar-refractivity contribution in [2.75, 3.05) is 11.9 Å². The van der Waals surface area contributed by atoms with Gasteiger partial charge in [0.1, 0.15) is 11.6 Å². The van der Waals surface area contributed by atoms with Crippen LogP contribution in [-0.2, 0) is 0 Å². The van der Waals surface area contributed by atoms with E-state index in [0.29, 0.717) is 6.54 Å². The van der Waals surface area contributed by atoms with E-state index < -0.39 is 5.82 Å². The number of hydrogen-bond acceptors (Lipinski definition) is 2. The van der Waals surface area contributed by atoms with Crippen molar-refractivity contribution in [3.63, 3.8) is 0 Å². The van der Waals surface area contributed by atoms with Gasteiger partial charge in [0.25, 0.3) is 0 Å². The number of hydrogen-bond donors (Lipinski definition) is 1. The molecule has 1 aromatic carbocycles. The SMILES string of the molecule is Fc1ccc(NCC=Cc2ccco2)cc1Cl. The van der Waals surface area contributed by atoms with Crippen LogP contribution in [-0.4, -0.2) is 6.54 Å². The third-order valence-corrected chi connectivity index (χ3v) is 2.46. The quantitative estimate of drug-likeness (QED) is 0.881. The maximum absolute atomic E-state index is 12.9. The number of furan rings is 1. The molecular formula is C13H11ClFNO. The lowest BCUT2D eigenvalue weighted by molar-refractivity contribution is 0.557. The molecule has 0 spiro atoms. The average molecular weight is 252 g/mol. The molecule has 0 amide bonds. The van der Waals surface area contributed by atoms with Gasteiger partial charge >= 0.3 is 0 Å². The van der Waals surface area contributed by atoms with E-state index in [1.807, 2.05) is 24.3 Å². The van der Waals surface area contributed by atoms with Crippen LogP contribution in [0.1, 0.15) is 5.76 Å². The lowest BCUT2D eigenvalue weighted by Crippen LogP contribution is -1.97. The fourth-order valence-electron chi connectivity index (χ4n) is 1.34. The lowest BCUT2D eigenvalue weighted by Gasteiger charge is -2.03. The third kappa shape index (κ3) is 3.36. The van der Waals surface area contributed by atoms with E-state index in [1.165, 1.54) is 6.07 Å². The van der Waals surface area contributed by atoms with Gasteiger partial charge in [-0.05, 0) is 36.4 Å². The van der Waals surface area contributed by atoms with Gasteiger partial charge in [-0.1, -0.05) is 17.7 Å². The number of benzene rings is 1. The molecule has 0 unspecified atom stereocenters. The Morgan fingerprint density at radius 2 is 2.24 bits per heavy atom. The van der Waals surface area contributed by atoms with Gasteiger partial charge in [-0.3, -0.25) is 0 Å². The average Bonchev–Trinajstić information content (AvgIpc) is 2.82. The van der Waals surface area contributed by atoms with Crippen LogP contribution in [0.4, 0.5) is 10.1 Å². The topological polar surface area (TPSA) is 25.2 Å². The predicted molar refractivity (Wildman–Crippen MR) is 67.6 cm³/mol. The van der Waals surface area contributed by atoms with Gasteiger partial charge in [-0.25, -0.2) is 4.39 Å². The molecule has 1 aromatic heterocycles. The van der Waals surface area contributed by atoms with Crippen molar-refractivity contribution in [2.24, 2.45) is 0 Å². The standard InChI is InChI=1S/C13H11ClFNO/c14-12-9-10(5-6-13(12)15)16-7-1-3-11-4-2-8-17-11/h1-6,8-9,16H,7H2. The Hall–Kier alpha value is -1.74. The van der Waals surface area contributed by atoms with Crippen LogP contribution in [0.25, 0.3) is 6.08 Å². The second-order valence-electron chi connectivity index (χ2n) is 3.43. The Bertz CT molecular complexity index is 508. The first-order valence-electron chi connectivity index (χ1n) is 5.14. The fraction of sp³-hybridized carbons (Fsp3) is 0.0769. The smallest absolute Gasteiger partial charge is 0.141 e. The molecule has 0 aliphatic carbocycles. The highest BCUT2D eigenvalue weighted by molar-refractivity contribution is 6.31. The van der Waals surface area contributed by atoms with E-state index in [9.17, 15) is 4.39 Å². The zero-order valence-electron chi connectivity index (χ0n) is 8.99. The molecule has 2 nitrogen and oxygen atoms in total. The summed E-state index contributed by atoms with van der Waals surface area (Å²) in [5.41, 5.74) is 0.778. The molecule has 17 heavy (non-hydrogen) atoms. The van der Waals surface area contributed by atoms with Crippen LogP contribution >= 0.6 is 11.6 Å². The molecule has 1 N–H and O–H groups in total. The van der Waals surface area contributed by atoms with Gasteiger partial charge in [-0.15, -0.1) is 0 Å². The predicted octanol–water partition coefficient (Wildman–Crippen LogP) is 4.20. The summed E-state index contributed by atoms with van der Waals surface area (Å²) in [6, 6.07) is 8.22. The second kappa shape index (κ2) is 5.55. The zero-order chi connectivity index (χ0) is 12.1. The molecule has 4 heteroatoms. The Morgan fingerprint density at radius 3 is 2.94 bits per heavy atom. The Balaban J connectivity index is 1.88. The van der Waals surface area contributed by atoms with Crippen LogP contribution in [0, 0.1) is 5.82 Å². The van der Waals surface area contributed by atoms with Crippen molar-refractivity contribution in [1.82, 2.24) is 0 Å². The minimum Gasteiger partial charge on any atom is -0.465 e. The molecule has 0 aliphatic heterocycles. The third-order valence-electron chi connectivity index (χ3n) is 2.17. The van der Waals surface area contributed by atoms with Crippen molar-refractivity contribution in [2.45, 2.75) is 0 Å². The fourth-order valence-corrected chi connectivity index (χ4v) is 1.52. The molecule has 0 atom stereocenters. The first kappa shape index (κ1) is 11.7. The van der Waals surface area contributed by atoms with Crippen molar-refractivity contribution in [3.05, 3.63) is 59.3 Å².